The van der Waals surface area contributed by atoms with Crippen LogP contribution in [-0.2, 0) is 52.2 Å². The van der Waals surface area contributed by atoms with Gasteiger partial charge in [-0.15, -0.1) is 0 Å². The van der Waals surface area contributed by atoms with Crippen molar-refractivity contribution >= 4 is 6.29 Å². The first-order valence-corrected chi connectivity index (χ1v) is 9.92. The van der Waals surface area contributed by atoms with Crippen molar-refractivity contribution in [3.05, 3.63) is 0 Å². The number of ether oxygens (including phenoxy) is 10. The molecule has 0 aromatic rings. The molecule has 11 heteroatoms. The molecule has 0 aliphatic carbocycles. The first-order valence-electron chi connectivity index (χ1n) is 9.92. The van der Waals surface area contributed by atoms with Crippen LogP contribution in [0.25, 0.3) is 0 Å². The molecule has 1 aliphatic heterocycles. The Morgan fingerprint density at radius 2 is 1.42 bits per heavy atom. The van der Waals surface area contributed by atoms with Crippen molar-refractivity contribution in [2.45, 2.75) is 55.1 Å². The highest BCUT2D eigenvalue weighted by atomic mass is 16.7. The van der Waals surface area contributed by atoms with Gasteiger partial charge in [-0.2, -0.15) is 0 Å². The van der Waals surface area contributed by atoms with Crippen LogP contribution in [0.3, 0.4) is 0 Å². The predicted molar refractivity (Wildman–Crippen MR) is 108 cm³/mol. The molecule has 9 atom stereocenters. The van der Waals surface area contributed by atoms with Crippen LogP contribution >= 0.6 is 0 Å². The molecule has 9 unspecified atom stereocenters. The second-order valence-corrected chi connectivity index (χ2v) is 6.97. The predicted octanol–water partition coefficient (Wildman–Crippen LogP) is -0.322. The van der Waals surface area contributed by atoms with Crippen LogP contribution in [0.15, 0.2) is 0 Å². The summed E-state index contributed by atoms with van der Waals surface area (Å²) in [5.74, 6) is 0. The van der Waals surface area contributed by atoms with Crippen LogP contribution in [0.4, 0.5) is 0 Å². The van der Waals surface area contributed by atoms with E-state index in [1.165, 1.54) is 35.5 Å². The van der Waals surface area contributed by atoms with Gasteiger partial charge in [-0.05, 0) is 0 Å². The minimum absolute atomic E-state index is 0.177. The van der Waals surface area contributed by atoms with Gasteiger partial charge in [-0.25, -0.2) is 0 Å². The molecule has 0 spiro atoms. The number of hydrogen-bond donors (Lipinski definition) is 0. The molecule has 11 nitrogen and oxygen atoms in total. The fourth-order valence-corrected chi connectivity index (χ4v) is 3.80. The number of carbonyl (C=O) groups excluding carboxylic acids is 1. The average molecular weight is 455 g/mol. The van der Waals surface area contributed by atoms with Crippen molar-refractivity contribution in [3.8, 4) is 0 Å². The number of carbonyl (C=O) groups is 1. The van der Waals surface area contributed by atoms with Crippen molar-refractivity contribution < 1.29 is 52.2 Å². The van der Waals surface area contributed by atoms with Crippen LogP contribution in [-0.4, -0.2) is 132 Å². The lowest BCUT2D eigenvalue weighted by Gasteiger charge is -2.46. The van der Waals surface area contributed by atoms with Crippen molar-refractivity contribution in [1.29, 1.82) is 0 Å². The summed E-state index contributed by atoms with van der Waals surface area (Å²) in [4.78, 5) is 11.6. The van der Waals surface area contributed by atoms with Crippen LogP contribution in [0, 0.1) is 0 Å². The lowest BCUT2D eigenvalue weighted by atomic mass is 9.97. The summed E-state index contributed by atoms with van der Waals surface area (Å²) in [7, 11) is 12.1. The highest BCUT2D eigenvalue weighted by molar-refractivity contribution is 5.57. The zero-order valence-electron chi connectivity index (χ0n) is 19.7. The van der Waals surface area contributed by atoms with Gasteiger partial charge in [0.2, 0.25) is 0 Å². The second kappa shape index (κ2) is 15.2. The van der Waals surface area contributed by atoms with Crippen molar-refractivity contribution in [3.63, 3.8) is 0 Å². The van der Waals surface area contributed by atoms with E-state index in [4.69, 9.17) is 47.4 Å². The fourth-order valence-electron chi connectivity index (χ4n) is 3.80. The second-order valence-electron chi connectivity index (χ2n) is 6.97. The van der Waals surface area contributed by atoms with Gasteiger partial charge in [0, 0.05) is 56.9 Å². The number of methoxy groups -OCH3 is 8. The molecule has 0 radical (unpaired) electrons. The van der Waals surface area contributed by atoms with E-state index in [1.54, 1.807) is 21.3 Å². The molecular weight excluding hydrogens is 416 g/mol. The topological polar surface area (TPSA) is 109 Å². The van der Waals surface area contributed by atoms with Gasteiger partial charge >= 0.3 is 0 Å². The van der Waals surface area contributed by atoms with E-state index >= 15 is 0 Å². The molecule has 0 bridgehead atoms. The van der Waals surface area contributed by atoms with Gasteiger partial charge in [0.05, 0.1) is 13.2 Å². The fraction of sp³-hybridized carbons (Fsp3) is 0.950. The minimum Gasteiger partial charge on any atom is -0.382 e. The monoisotopic (exact) mass is 454 g/mol. The summed E-state index contributed by atoms with van der Waals surface area (Å²) in [6.07, 6.45) is -5.52. The van der Waals surface area contributed by atoms with Crippen molar-refractivity contribution in [2.24, 2.45) is 0 Å². The first-order chi connectivity index (χ1) is 15.0. The van der Waals surface area contributed by atoms with Gasteiger partial charge < -0.3 is 52.2 Å². The molecule has 1 heterocycles. The number of hydrogen-bond acceptors (Lipinski definition) is 11. The quantitative estimate of drug-likeness (QED) is 0.286. The molecule has 1 rings (SSSR count). The third kappa shape index (κ3) is 7.13. The molecule has 1 aliphatic rings. The maximum atomic E-state index is 11.6. The minimum atomic E-state index is -0.914. The standard InChI is InChI=1S/C20H38O11/c1-22-10-13(25-4)17(15(26-5)12(9-21)24-3)31-20-19(29-8)18(28-7)16(27-6)14(30-20)11-23-2/h9,12-20H,10-11H2,1-8H3. The Hall–Kier alpha value is -0.730. The van der Waals surface area contributed by atoms with Crippen LogP contribution in [0.5, 0.6) is 0 Å². The molecule has 0 saturated carbocycles. The third-order valence-electron chi connectivity index (χ3n) is 5.36. The van der Waals surface area contributed by atoms with Crippen LogP contribution in [0.1, 0.15) is 0 Å². The molecule has 31 heavy (non-hydrogen) atoms. The van der Waals surface area contributed by atoms with Gasteiger partial charge in [0.15, 0.2) is 12.6 Å². The lowest BCUT2D eigenvalue weighted by Crippen LogP contribution is -2.63. The van der Waals surface area contributed by atoms with E-state index in [-0.39, 0.29) is 13.2 Å². The average Bonchev–Trinajstić information content (AvgIpc) is 2.79. The summed E-state index contributed by atoms with van der Waals surface area (Å²) in [5.41, 5.74) is 0. The lowest BCUT2D eigenvalue weighted by molar-refractivity contribution is -0.337. The largest absolute Gasteiger partial charge is 0.382 e. The van der Waals surface area contributed by atoms with E-state index in [9.17, 15) is 4.79 Å². The van der Waals surface area contributed by atoms with E-state index in [0.717, 1.165) is 0 Å². The molecule has 0 amide bonds. The molecular formula is C20H38O11. The highest BCUT2D eigenvalue weighted by Crippen LogP contribution is 2.30. The van der Waals surface area contributed by atoms with E-state index in [0.29, 0.717) is 6.29 Å². The number of aldehydes is 1. The van der Waals surface area contributed by atoms with E-state index in [1.807, 2.05) is 0 Å². The maximum absolute atomic E-state index is 11.6. The molecule has 184 valence electrons. The number of rotatable bonds is 16. The van der Waals surface area contributed by atoms with Crippen molar-refractivity contribution in [2.75, 3.05) is 70.1 Å². The van der Waals surface area contributed by atoms with Gasteiger partial charge in [0.25, 0.3) is 0 Å². The Bertz CT molecular complexity index is 480. The Labute approximate surface area is 184 Å². The zero-order valence-corrected chi connectivity index (χ0v) is 19.7. The van der Waals surface area contributed by atoms with Gasteiger partial charge in [-0.3, -0.25) is 0 Å². The summed E-state index contributed by atoms with van der Waals surface area (Å²) >= 11 is 0. The summed E-state index contributed by atoms with van der Waals surface area (Å²) in [6.45, 7) is 0.421. The first kappa shape index (κ1) is 28.3. The SMILES string of the molecule is COCC(OC)C(OC1OC(COC)C(OC)C(OC)C1OC)C(OC)C(C=O)OC. The molecule has 0 aromatic heterocycles. The smallest absolute Gasteiger partial charge is 0.187 e. The molecule has 1 saturated heterocycles. The molecule has 0 N–H and O–H groups in total. The van der Waals surface area contributed by atoms with Crippen LogP contribution < -0.4 is 0 Å². The normalized spacial score (nSPS) is 30.5. The summed E-state index contributed by atoms with van der Waals surface area (Å²) in [6, 6.07) is 0. The van der Waals surface area contributed by atoms with Crippen molar-refractivity contribution in [1.82, 2.24) is 0 Å². The molecule has 0 aromatic carbocycles. The third-order valence-corrected chi connectivity index (χ3v) is 5.36. The summed E-state index contributed by atoms with van der Waals surface area (Å²) in [5, 5.41) is 0. The van der Waals surface area contributed by atoms with Crippen LogP contribution in [0.2, 0.25) is 0 Å². The Kier molecular flexibility index (Phi) is 13.8. The highest BCUT2D eigenvalue weighted by Gasteiger charge is 2.50. The Morgan fingerprint density at radius 3 is 1.84 bits per heavy atom. The van der Waals surface area contributed by atoms with Gasteiger partial charge in [-0.1, -0.05) is 0 Å². The van der Waals surface area contributed by atoms with Gasteiger partial charge in [0.1, 0.15) is 48.8 Å². The maximum Gasteiger partial charge on any atom is 0.187 e. The van der Waals surface area contributed by atoms with E-state index in [2.05, 4.69) is 0 Å². The van der Waals surface area contributed by atoms with E-state index < -0.39 is 55.1 Å². The zero-order chi connectivity index (χ0) is 23.4. The molecule has 1 fully saturated rings. The Balaban J connectivity index is 3.30. The summed E-state index contributed by atoms with van der Waals surface area (Å²) < 4.78 is 56.4. The Morgan fingerprint density at radius 1 is 0.774 bits per heavy atom.